The Hall–Kier alpha value is -2.12. The van der Waals surface area contributed by atoms with E-state index in [4.69, 9.17) is 11.1 Å². The fraction of sp³-hybridized carbons (Fsp3) is 0.273. The lowest BCUT2D eigenvalue weighted by atomic mass is 10.1. The molecule has 1 aromatic rings. The summed E-state index contributed by atoms with van der Waals surface area (Å²) >= 11 is 0. The molecule has 0 spiro atoms. The molecular weight excluding hydrogens is 266 g/mol. The normalized spacial score (nSPS) is 14.6. The van der Waals surface area contributed by atoms with Crippen molar-refractivity contribution in [2.75, 3.05) is 6.61 Å². The Kier molecular flexibility index (Phi) is 3.17. The molecule has 4 nitrogen and oxygen atoms in total. The van der Waals surface area contributed by atoms with Gasteiger partial charge in [-0.1, -0.05) is 0 Å². The smallest absolute Gasteiger partial charge is 0.340 e. The first kappa shape index (κ1) is 13.3. The standard InChI is InChI=1S/C11H9F4N3O/c12-10(13)11(14,15)4-19-5-1-2-6-7(3-5)9(17)18-8(6)16/h1-3,10H,4H2,(H3,16,17,18). The van der Waals surface area contributed by atoms with Gasteiger partial charge in [-0.3, -0.25) is 5.41 Å². The second kappa shape index (κ2) is 4.52. The van der Waals surface area contributed by atoms with Crippen LogP contribution >= 0.6 is 0 Å². The third-order valence-corrected chi connectivity index (χ3v) is 2.50. The topological polar surface area (TPSA) is 71.5 Å². The Balaban J connectivity index is 2.13. The largest absolute Gasteiger partial charge is 0.487 e. The average Bonchev–Trinajstić information content (AvgIpc) is 2.62. The minimum Gasteiger partial charge on any atom is -0.487 e. The maximum atomic E-state index is 12.7. The van der Waals surface area contributed by atoms with Gasteiger partial charge >= 0.3 is 12.3 Å². The number of hydrogen-bond donors (Lipinski definition) is 2. The Morgan fingerprint density at radius 2 is 2.00 bits per heavy atom. The number of aliphatic imine (C=N–C) groups is 1. The fourth-order valence-corrected chi connectivity index (χ4v) is 1.52. The van der Waals surface area contributed by atoms with Gasteiger partial charge in [0.1, 0.15) is 11.6 Å². The minimum absolute atomic E-state index is 0.0475. The van der Waals surface area contributed by atoms with Crippen molar-refractivity contribution >= 4 is 11.7 Å². The van der Waals surface area contributed by atoms with Gasteiger partial charge in [-0.2, -0.15) is 8.78 Å². The molecule has 0 saturated heterocycles. The van der Waals surface area contributed by atoms with Gasteiger partial charge in [0.15, 0.2) is 12.4 Å². The summed E-state index contributed by atoms with van der Waals surface area (Å²) in [5, 5.41) is 7.49. The number of halogens is 4. The first-order chi connectivity index (χ1) is 8.81. The van der Waals surface area contributed by atoms with Crippen LogP contribution in [0, 0.1) is 5.41 Å². The first-order valence-electron chi connectivity index (χ1n) is 5.17. The number of hydrogen-bond acceptors (Lipinski definition) is 3. The molecule has 102 valence electrons. The Morgan fingerprint density at radius 1 is 1.32 bits per heavy atom. The molecule has 1 aliphatic heterocycles. The Morgan fingerprint density at radius 3 is 2.63 bits per heavy atom. The van der Waals surface area contributed by atoms with Gasteiger partial charge in [0.2, 0.25) is 0 Å². The molecule has 0 amide bonds. The molecule has 0 aliphatic carbocycles. The lowest BCUT2D eigenvalue weighted by Gasteiger charge is -2.16. The van der Waals surface area contributed by atoms with E-state index < -0.39 is 19.0 Å². The van der Waals surface area contributed by atoms with Crippen LogP contribution in [0.5, 0.6) is 5.75 Å². The molecule has 0 bridgehead atoms. The molecule has 0 atom stereocenters. The summed E-state index contributed by atoms with van der Waals surface area (Å²) in [4.78, 5) is 3.69. The number of nitrogens with one attached hydrogen (secondary N) is 1. The number of fused-ring (bicyclic) bond motifs is 1. The molecule has 0 radical (unpaired) electrons. The summed E-state index contributed by atoms with van der Waals surface area (Å²) in [5.74, 6) is -4.25. The van der Waals surface area contributed by atoms with Gasteiger partial charge in [0.05, 0.1) is 0 Å². The van der Waals surface area contributed by atoms with Crippen LogP contribution in [0.15, 0.2) is 23.2 Å². The van der Waals surface area contributed by atoms with Crippen LogP contribution in [0.3, 0.4) is 0 Å². The zero-order valence-corrected chi connectivity index (χ0v) is 9.46. The van der Waals surface area contributed by atoms with Gasteiger partial charge in [0.25, 0.3) is 0 Å². The second-order valence-electron chi connectivity index (χ2n) is 3.90. The van der Waals surface area contributed by atoms with Crippen LogP contribution in [0.4, 0.5) is 17.6 Å². The molecular formula is C11H9F4N3O. The molecule has 1 aromatic carbocycles. The van der Waals surface area contributed by atoms with E-state index >= 15 is 0 Å². The zero-order chi connectivity index (χ0) is 14.2. The molecule has 1 aliphatic rings. The van der Waals surface area contributed by atoms with Crippen molar-refractivity contribution < 1.29 is 22.3 Å². The highest BCUT2D eigenvalue weighted by molar-refractivity contribution is 6.20. The number of rotatable bonds is 4. The van der Waals surface area contributed by atoms with Gasteiger partial charge < -0.3 is 10.5 Å². The highest BCUT2D eigenvalue weighted by Gasteiger charge is 2.41. The molecule has 19 heavy (non-hydrogen) atoms. The number of nitrogens with two attached hydrogens (primary N) is 1. The third kappa shape index (κ3) is 2.51. The Bertz CT molecular complexity index is 557. The molecule has 8 heteroatoms. The van der Waals surface area contributed by atoms with E-state index in [0.29, 0.717) is 11.1 Å². The molecule has 0 unspecified atom stereocenters. The van der Waals surface area contributed by atoms with Crippen LogP contribution in [0.2, 0.25) is 0 Å². The van der Waals surface area contributed by atoms with Crippen molar-refractivity contribution in [2.45, 2.75) is 12.3 Å². The second-order valence-corrected chi connectivity index (χ2v) is 3.90. The Labute approximate surface area is 105 Å². The van der Waals surface area contributed by atoms with Gasteiger partial charge in [-0.05, 0) is 18.2 Å². The van der Waals surface area contributed by atoms with Crippen LogP contribution in [-0.2, 0) is 0 Å². The van der Waals surface area contributed by atoms with E-state index in [0.717, 1.165) is 0 Å². The van der Waals surface area contributed by atoms with E-state index in [2.05, 4.69) is 9.73 Å². The summed E-state index contributed by atoms with van der Waals surface area (Å²) in [6.07, 6.45) is -3.79. The summed E-state index contributed by atoms with van der Waals surface area (Å²) in [7, 11) is 0. The lowest BCUT2D eigenvalue weighted by molar-refractivity contribution is -0.148. The van der Waals surface area contributed by atoms with Crippen molar-refractivity contribution in [1.82, 2.24) is 0 Å². The maximum Gasteiger partial charge on any atom is 0.340 e. The molecule has 0 saturated carbocycles. The lowest BCUT2D eigenvalue weighted by Crippen LogP contribution is -2.33. The van der Waals surface area contributed by atoms with Crippen molar-refractivity contribution in [1.29, 1.82) is 5.41 Å². The van der Waals surface area contributed by atoms with Crippen molar-refractivity contribution in [3.63, 3.8) is 0 Å². The minimum atomic E-state index is -4.22. The summed E-state index contributed by atoms with van der Waals surface area (Å²) in [6, 6.07) is 4.01. The summed E-state index contributed by atoms with van der Waals surface area (Å²) in [6.45, 7) is -1.44. The first-order valence-corrected chi connectivity index (χ1v) is 5.17. The SMILES string of the molecule is N=C1N=C(N)c2ccc(OCC(F)(F)C(F)F)cc21. The fourth-order valence-electron chi connectivity index (χ4n) is 1.52. The number of ether oxygens (including phenoxy) is 1. The molecule has 1 heterocycles. The van der Waals surface area contributed by atoms with E-state index in [-0.39, 0.29) is 17.4 Å². The van der Waals surface area contributed by atoms with E-state index in [1.54, 1.807) is 0 Å². The van der Waals surface area contributed by atoms with Gasteiger partial charge in [-0.15, -0.1) is 0 Å². The van der Waals surface area contributed by atoms with Crippen LogP contribution in [0.1, 0.15) is 11.1 Å². The van der Waals surface area contributed by atoms with Crippen LogP contribution in [0.25, 0.3) is 0 Å². The van der Waals surface area contributed by atoms with Crippen LogP contribution in [-0.4, -0.2) is 30.6 Å². The monoisotopic (exact) mass is 275 g/mol. The molecule has 0 fully saturated rings. The predicted octanol–water partition coefficient (Wildman–Crippen LogP) is 2.01. The third-order valence-electron chi connectivity index (χ3n) is 2.50. The molecule has 0 aromatic heterocycles. The van der Waals surface area contributed by atoms with E-state index in [1.165, 1.54) is 18.2 Å². The highest BCUT2D eigenvalue weighted by atomic mass is 19.3. The summed E-state index contributed by atoms with van der Waals surface area (Å²) < 4.78 is 53.9. The predicted molar refractivity (Wildman–Crippen MR) is 60.4 cm³/mol. The molecule has 2 rings (SSSR count). The van der Waals surface area contributed by atoms with Gasteiger partial charge in [-0.25, -0.2) is 13.8 Å². The number of benzene rings is 1. The zero-order valence-electron chi connectivity index (χ0n) is 9.46. The number of nitrogens with zero attached hydrogens (tertiary/aromatic N) is 1. The highest BCUT2D eigenvalue weighted by Crippen LogP contribution is 2.26. The quantitative estimate of drug-likeness (QED) is 0.825. The van der Waals surface area contributed by atoms with Gasteiger partial charge in [0, 0.05) is 11.1 Å². The average molecular weight is 275 g/mol. The van der Waals surface area contributed by atoms with Crippen molar-refractivity contribution in [3.8, 4) is 5.75 Å². The van der Waals surface area contributed by atoms with Crippen molar-refractivity contribution in [3.05, 3.63) is 29.3 Å². The van der Waals surface area contributed by atoms with E-state index in [1.807, 2.05) is 0 Å². The number of alkyl halides is 4. The van der Waals surface area contributed by atoms with Crippen molar-refractivity contribution in [2.24, 2.45) is 10.7 Å². The molecule has 3 N–H and O–H groups in total. The maximum absolute atomic E-state index is 12.7. The van der Waals surface area contributed by atoms with Crippen LogP contribution < -0.4 is 10.5 Å². The number of amidine groups is 2. The summed E-state index contributed by atoms with van der Waals surface area (Å²) in [5.41, 5.74) is 6.32. The van der Waals surface area contributed by atoms with E-state index in [9.17, 15) is 17.6 Å².